The molecule has 0 saturated carbocycles. The van der Waals surface area contributed by atoms with E-state index in [0.29, 0.717) is 0 Å². The zero-order chi connectivity index (χ0) is 10.4. The highest BCUT2D eigenvalue weighted by molar-refractivity contribution is 7.92. The lowest BCUT2D eigenvalue weighted by molar-refractivity contribution is 0.599. The Morgan fingerprint density at radius 1 is 1.43 bits per heavy atom. The molecule has 0 bridgehead atoms. The highest BCUT2D eigenvalue weighted by atomic mass is 32.2. The van der Waals surface area contributed by atoms with Gasteiger partial charge < -0.3 is 0 Å². The molecule has 0 spiro atoms. The van der Waals surface area contributed by atoms with E-state index in [2.05, 4.69) is 6.92 Å². The Kier molecular flexibility index (Phi) is 4.39. The number of unbranched alkanes of at least 4 members (excludes halogenated alkanes) is 3. The molecule has 14 heavy (non-hydrogen) atoms. The number of allylic oxidation sites excluding steroid dienone is 1. The molecule has 2 nitrogen and oxygen atoms in total. The van der Waals surface area contributed by atoms with Crippen molar-refractivity contribution >= 4 is 9.84 Å². The van der Waals surface area contributed by atoms with Gasteiger partial charge in [0.15, 0.2) is 9.84 Å². The molecule has 80 valence electrons. The van der Waals surface area contributed by atoms with Crippen molar-refractivity contribution in [2.24, 2.45) is 0 Å². The summed E-state index contributed by atoms with van der Waals surface area (Å²) in [5.41, 5.74) is 0. The minimum atomic E-state index is -2.88. The molecule has 1 unspecified atom stereocenters. The third-order valence-corrected chi connectivity index (χ3v) is 4.17. The van der Waals surface area contributed by atoms with Crippen molar-refractivity contribution in [3.05, 3.63) is 24.3 Å². The molecule has 1 heterocycles. The van der Waals surface area contributed by atoms with E-state index in [0.717, 1.165) is 12.8 Å². The quantitative estimate of drug-likeness (QED) is 0.520. The first-order valence-corrected chi connectivity index (χ1v) is 6.93. The van der Waals surface area contributed by atoms with Crippen molar-refractivity contribution in [3.8, 4) is 0 Å². The summed E-state index contributed by atoms with van der Waals surface area (Å²) in [7, 11) is -2.88. The monoisotopic (exact) mass is 214 g/mol. The van der Waals surface area contributed by atoms with Gasteiger partial charge in [-0.1, -0.05) is 44.1 Å². The van der Waals surface area contributed by atoms with Crippen LogP contribution in [0.1, 0.15) is 32.6 Å². The van der Waals surface area contributed by atoms with E-state index in [1.54, 1.807) is 12.2 Å². The Morgan fingerprint density at radius 2 is 2.21 bits per heavy atom. The Bertz CT molecular complexity index is 312. The Hall–Kier alpha value is -0.570. The predicted molar refractivity (Wildman–Crippen MR) is 60.0 cm³/mol. The van der Waals surface area contributed by atoms with Gasteiger partial charge in [-0.25, -0.2) is 8.42 Å². The molecule has 0 radical (unpaired) electrons. The van der Waals surface area contributed by atoms with Crippen LogP contribution >= 0.6 is 0 Å². The van der Waals surface area contributed by atoms with Gasteiger partial charge in [-0.15, -0.1) is 0 Å². The van der Waals surface area contributed by atoms with Gasteiger partial charge in [-0.05, 0) is 12.8 Å². The van der Waals surface area contributed by atoms with Crippen molar-refractivity contribution in [1.82, 2.24) is 0 Å². The molecule has 1 atom stereocenters. The summed E-state index contributed by atoms with van der Waals surface area (Å²) in [6.07, 6.45) is 11.9. The van der Waals surface area contributed by atoms with Crippen LogP contribution in [-0.2, 0) is 9.84 Å². The maximum absolute atomic E-state index is 11.4. The molecule has 0 aromatic carbocycles. The summed E-state index contributed by atoms with van der Waals surface area (Å²) >= 11 is 0. The van der Waals surface area contributed by atoms with Crippen LogP contribution in [-0.4, -0.2) is 19.4 Å². The zero-order valence-corrected chi connectivity index (χ0v) is 9.46. The molecule has 0 fully saturated rings. The number of rotatable bonds is 5. The van der Waals surface area contributed by atoms with Crippen LogP contribution in [0.4, 0.5) is 0 Å². The van der Waals surface area contributed by atoms with Gasteiger partial charge in [-0.3, -0.25) is 0 Å². The van der Waals surface area contributed by atoms with Crippen LogP contribution in [0, 0.1) is 0 Å². The molecule has 0 aliphatic carbocycles. The Morgan fingerprint density at radius 3 is 2.79 bits per heavy atom. The first-order chi connectivity index (χ1) is 6.67. The van der Waals surface area contributed by atoms with E-state index in [1.165, 1.54) is 12.8 Å². The van der Waals surface area contributed by atoms with Crippen molar-refractivity contribution in [2.45, 2.75) is 37.9 Å². The predicted octanol–water partition coefficient (Wildman–Crippen LogP) is 2.48. The summed E-state index contributed by atoms with van der Waals surface area (Å²) < 4.78 is 22.7. The average molecular weight is 214 g/mol. The first-order valence-electron chi connectivity index (χ1n) is 5.21. The molecular weight excluding hydrogens is 196 g/mol. The molecule has 0 aromatic rings. The molecule has 1 aliphatic heterocycles. The van der Waals surface area contributed by atoms with Gasteiger partial charge in [0.1, 0.15) is 0 Å². The molecule has 0 N–H and O–H groups in total. The van der Waals surface area contributed by atoms with E-state index in [1.807, 2.05) is 12.2 Å². The highest BCUT2D eigenvalue weighted by Gasteiger charge is 2.23. The third kappa shape index (κ3) is 3.29. The second-order valence-corrected chi connectivity index (χ2v) is 5.85. The summed E-state index contributed by atoms with van der Waals surface area (Å²) in [5, 5.41) is -0.357. The van der Waals surface area contributed by atoms with Crippen LogP contribution in [0.15, 0.2) is 24.3 Å². The summed E-state index contributed by atoms with van der Waals surface area (Å²) in [6.45, 7) is 2.16. The standard InChI is InChI=1S/C11H18O2S/c1-2-3-4-5-6-8-11-9-7-10-14(11,12)13/h6-9,11H,2-5,10H2,1H3/b8-6+. The van der Waals surface area contributed by atoms with Gasteiger partial charge in [0.05, 0.1) is 11.0 Å². The highest BCUT2D eigenvalue weighted by Crippen LogP contribution is 2.14. The van der Waals surface area contributed by atoms with Crippen molar-refractivity contribution in [1.29, 1.82) is 0 Å². The van der Waals surface area contributed by atoms with Crippen molar-refractivity contribution in [2.75, 3.05) is 5.75 Å². The lowest BCUT2D eigenvalue weighted by Crippen LogP contribution is -2.13. The summed E-state index contributed by atoms with van der Waals surface area (Å²) in [5.74, 6) is 0.205. The first kappa shape index (κ1) is 11.5. The Balaban J connectivity index is 2.33. The molecule has 3 heteroatoms. The molecule has 1 rings (SSSR count). The van der Waals surface area contributed by atoms with E-state index in [-0.39, 0.29) is 11.0 Å². The van der Waals surface area contributed by atoms with E-state index < -0.39 is 9.84 Å². The average Bonchev–Trinajstić information content (AvgIpc) is 2.45. The fourth-order valence-corrected chi connectivity index (χ4v) is 2.78. The molecule has 0 amide bonds. The maximum Gasteiger partial charge on any atom is 0.163 e. The van der Waals surface area contributed by atoms with E-state index in [9.17, 15) is 8.42 Å². The van der Waals surface area contributed by atoms with Gasteiger partial charge >= 0.3 is 0 Å². The van der Waals surface area contributed by atoms with Crippen LogP contribution in [0.25, 0.3) is 0 Å². The molecule has 1 aliphatic rings. The molecular formula is C11H18O2S. The minimum Gasteiger partial charge on any atom is -0.228 e. The largest absolute Gasteiger partial charge is 0.228 e. The Labute approximate surface area is 86.6 Å². The second kappa shape index (κ2) is 5.35. The van der Waals surface area contributed by atoms with Gasteiger partial charge in [0, 0.05) is 0 Å². The SMILES string of the molecule is CCCCC/C=C/C1C=CCS1(=O)=O. The van der Waals surface area contributed by atoms with Gasteiger partial charge in [0.2, 0.25) is 0 Å². The third-order valence-electron chi connectivity index (χ3n) is 2.37. The maximum atomic E-state index is 11.4. The summed E-state index contributed by atoms with van der Waals surface area (Å²) in [6, 6.07) is 0. The van der Waals surface area contributed by atoms with Crippen LogP contribution in [0.3, 0.4) is 0 Å². The lowest BCUT2D eigenvalue weighted by Gasteiger charge is -2.00. The minimum absolute atomic E-state index is 0.205. The topological polar surface area (TPSA) is 34.1 Å². The smallest absolute Gasteiger partial charge is 0.163 e. The fourth-order valence-electron chi connectivity index (χ4n) is 1.48. The number of hydrogen-bond donors (Lipinski definition) is 0. The normalized spacial score (nSPS) is 24.8. The van der Waals surface area contributed by atoms with Crippen LogP contribution < -0.4 is 0 Å². The van der Waals surface area contributed by atoms with Crippen LogP contribution in [0.2, 0.25) is 0 Å². The van der Waals surface area contributed by atoms with E-state index >= 15 is 0 Å². The number of hydrogen-bond acceptors (Lipinski definition) is 2. The second-order valence-electron chi connectivity index (χ2n) is 3.65. The molecule has 0 aromatic heterocycles. The van der Waals surface area contributed by atoms with Gasteiger partial charge in [0.25, 0.3) is 0 Å². The van der Waals surface area contributed by atoms with Crippen molar-refractivity contribution < 1.29 is 8.42 Å². The van der Waals surface area contributed by atoms with Crippen LogP contribution in [0.5, 0.6) is 0 Å². The zero-order valence-electron chi connectivity index (χ0n) is 8.65. The molecule has 0 saturated heterocycles. The van der Waals surface area contributed by atoms with Gasteiger partial charge in [-0.2, -0.15) is 0 Å². The summed E-state index contributed by atoms with van der Waals surface area (Å²) in [4.78, 5) is 0. The fraction of sp³-hybridized carbons (Fsp3) is 0.636. The van der Waals surface area contributed by atoms with E-state index in [4.69, 9.17) is 0 Å². The lowest BCUT2D eigenvalue weighted by atomic mass is 10.2. The van der Waals surface area contributed by atoms with Crippen molar-refractivity contribution in [3.63, 3.8) is 0 Å². The number of sulfone groups is 1.